The third-order valence-electron chi connectivity index (χ3n) is 8.14. The molecule has 2 amide bonds. The molecule has 2 aliphatic heterocycles. The number of hydrogen-bond acceptors (Lipinski definition) is 7. The number of nitrogens with zero attached hydrogens (tertiary/aromatic N) is 4. The maximum Gasteiger partial charge on any atom is 0.297 e. The number of aryl methyl sites for hydroxylation is 3. The zero-order valence-electron chi connectivity index (χ0n) is 23.1. The van der Waals surface area contributed by atoms with Gasteiger partial charge < -0.3 is 9.32 Å². The van der Waals surface area contributed by atoms with Crippen LogP contribution in [-0.4, -0.2) is 22.0 Å². The molecule has 10 heteroatoms. The van der Waals surface area contributed by atoms with E-state index in [1.54, 1.807) is 35.2 Å². The van der Waals surface area contributed by atoms with Crippen molar-refractivity contribution in [3.63, 3.8) is 0 Å². The lowest BCUT2D eigenvalue weighted by Crippen LogP contribution is -2.53. The number of anilines is 2. The molecule has 0 saturated heterocycles. The highest BCUT2D eigenvalue weighted by Gasteiger charge is 2.66. The molecule has 0 radical (unpaired) electrons. The van der Waals surface area contributed by atoms with E-state index in [1.807, 2.05) is 51.1 Å². The van der Waals surface area contributed by atoms with Crippen molar-refractivity contribution in [2.75, 3.05) is 9.80 Å². The van der Waals surface area contributed by atoms with Crippen LogP contribution in [0, 0.1) is 13.8 Å². The molecular formula is C32H25ClN4O4S. The molecule has 0 aliphatic carbocycles. The summed E-state index contributed by atoms with van der Waals surface area (Å²) < 4.78 is 6.24. The fraction of sp³-hybridized carbons (Fsp3) is 0.219. The molecule has 0 fully saturated rings. The normalized spacial score (nSPS) is 17.5. The molecule has 210 valence electrons. The molecule has 7 rings (SSSR count). The molecule has 8 nitrogen and oxygen atoms in total. The number of hydrogen-bond donors (Lipinski definition) is 0. The summed E-state index contributed by atoms with van der Waals surface area (Å²) in [6.45, 7) is 5.99. The third kappa shape index (κ3) is 3.56. The highest BCUT2D eigenvalue weighted by atomic mass is 35.5. The summed E-state index contributed by atoms with van der Waals surface area (Å²) in [6.07, 6.45) is 1.51. The van der Waals surface area contributed by atoms with Crippen LogP contribution in [0.1, 0.15) is 56.7 Å². The van der Waals surface area contributed by atoms with Gasteiger partial charge in [0.15, 0.2) is 11.0 Å². The van der Waals surface area contributed by atoms with Gasteiger partial charge in [0.05, 0.1) is 23.2 Å². The summed E-state index contributed by atoms with van der Waals surface area (Å²) in [4.78, 5) is 46.8. The first-order valence-electron chi connectivity index (χ1n) is 13.7. The minimum absolute atomic E-state index is 0.00500. The first-order chi connectivity index (χ1) is 20.3. The van der Waals surface area contributed by atoms with E-state index in [-0.39, 0.29) is 23.0 Å². The molecule has 2 aliphatic rings. The second-order valence-corrected chi connectivity index (χ2v) is 12.1. The van der Waals surface area contributed by atoms with Crippen molar-refractivity contribution in [3.8, 4) is 0 Å². The summed E-state index contributed by atoms with van der Waals surface area (Å²) in [5.74, 6) is -1.23. The minimum atomic E-state index is -1.83. The van der Waals surface area contributed by atoms with E-state index in [4.69, 9.17) is 16.0 Å². The molecule has 3 aromatic carbocycles. The minimum Gasteiger partial charge on any atom is -0.450 e. The quantitative estimate of drug-likeness (QED) is 0.236. The average Bonchev–Trinajstić information content (AvgIpc) is 3.60. The highest BCUT2D eigenvalue weighted by molar-refractivity contribution is 7.15. The van der Waals surface area contributed by atoms with E-state index in [0.29, 0.717) is 33.7 Å². The maximum atomic E-state index is 15.0. The maximum absolute atomic E-state index is 15.0. The zero-order valence-corrected chi connectivity index (χ0v) is 24.7. The van der Waals surface area contributed by atoms with Gasteiger partial charge in [-0.15, -0.1) is 10.2 Å². The first kappa shape index (κ1) is 26.6. The molecular weight excluding hydrogens is 572 g/mol. The average molecular weight is 597 g/mol. The summed E-state index contributed by atoms with van der Waals surface area (Å²) in [5, 5.41) is 10.4. The highest BCUT2D eigenvalue weighted by Crippen LogP contribution is 2.54. The van der Waals surface area contributed by atoms with Crippen LogP contribution in [0.25, 0.3) is 11.0 Å². The topological polar surface area (TPSA) is 96.6 Å². The number of amides is 2. The summed E-state index contributed by atoms with van der Waals surface area (Å²) in [5.41, 5.74) is 1.65. The van der Waals surface area contributed by atoms with Gasteiger partial charge in [-0.25, -0.2) is 0 Å². The number of halogens is 1. The van der Waals surface area contributed by atoms with E-state index in [1.165, 1.54) is 16.2 Å². The predicted octanol–water partition coefficient (Wildman–Crippen LogP) is 6.32. The monoisotopic (exact) mass is 596 g/mol. The Bertz CT molecular complexity index is 2020. The second kappa shape index (κ2) is 9.61. The lowest BCUT2D eigenvalue weighted by Gasteiger charge is -2.32. The molecule has 0 N–H and O–H groups in total. The second-order valence-electron chi connectivity index (χ2n) is 10.6. The van der Waals surface area contributed by atoms with Crippen LogP contribution in [-0.2, 0) is 23.3 Å². The molecule has 42 heavy (non-hydrogen) atoms. The van der Waals surface area contributed by atoms with Gasteiger partial charge in [0.25, 0.3) is 11.8 Å². The Morgan fingerprint density at radius 1 is 0.976 bits per heavy atom. The van der Waals surface area contributed by atoms with Gasteiger partial charge in [-0.1, -0.05) is 66.3 Å². The summed E-state index contributed by atoms with van der Waals surface area (Å²) in [7, 11) is 0. The molecule has 0 bridgehead atoms. The van der Waals surface area contributed by atoms with E-state index in [9.17, 15) is 9.59 Å². The van der Waals surface area contributed by atoms with Crippen LogP contribution in [0.2, 0.25) is 5.02 Å². The van der Waals surface area contributed by atoms with E-state index >= 15 is 4.79 Å². The van der Waals surface area contributed by atoms with Gasteiger partial charge in [-0.2, -0.15) is 0 Å². The Morgan fingerprint density at radius 2 is 1.71 bits per heavy atom. The largest absolute Gasteiger partial charge is 0.450 e. The number of carbonyl (C=O) groups excluding carboxylic acids is 2. The van der Waals surface area contributed by atoms with Crippen LogP contribution in [0.5, 0.6) is 0 Å². The Morgan fingerprint density at radius 3 is 2.50 bits per heavy atom. The van der Waals surface area contributed by atoms with E-state index in [2.05, 4.69) is 10.2 Å². The van der Waals surface area contributed by atoms with Gasteiger partial charge >= 0.3 is 0 Å². The van der Waals surface area contributed by atoms with Crippen molar-refractivity contribution in [2.45, 2.75) is 45.7 Å². The fourth-order valence-corrected chi connectivity index (χ4v) is 7.21. The zero-order chi connectivity index (χ0) is 29.3. The lowest BCUT2D eigenvalue weighted by molar-refractivity contribution is -0.121. The fourth-order valence-electron chi connectivity index (χ4n) is 6.02. The number of para-hydroxylation sites is 1. The Labute approximate surface area is 250 Å². The van der Waals surface area contributed by atoms with Crippen LogP contribution in [0.3, 0.4) is 0 Å². The molecule has 4 heterocycles. The molecule has 0 saturated carbocycles. The molecule has 2 aromatic heterocycles. The first-order valence-corrected chi connectivity index (χ1v) is 14.9. The van der Waals surface area contributed by atoms with Crippen molar-refractivity contribution < 1.29 is 14.0 Å². The number of carbonyl (C=O) groups is 2. The van der Waals surface area contributed by atoms with Crippen molar-refractivity contribution in [1.29, 1.82) is 0 Å². The van der Waals surface area contributed by atoms with Crippen LogP contribution in [0.4, 0.5) is 10.8 Å². The van der Waals surface area contributed by atoms with Crippen molar-refractivity contribution in [3.05, 3.63) is 114 Å². The van der Waals surface area contributed by atoms with E-state index < -0.39 is 22.8 Å². The predicted molar refractivity (Wildman–Crippen MR) is 163 cm³/mol. The number of aromatic nitrogens is 2. The number of rotatable bonds is 5. The van der Waals surface area contributed by atoms with Crippen molar-refractivity contribution in [2.24, 2.45) is 0 Å². The Kier molecular flexibility index (Phi) is 6.07. The van der Waals surface area contributed by atoms with Gasteiger partial charge in [0.2, 0.25) is 10.9 Å². The molecule has 5 aromatic rings. The van der Waals surface area contributed by atoms with Gasteiger partial charge in [-0.3, -0.25) is 19.3 Å². The molecule has 1 unspecified atom stereocenters. The Hall–Kier alpha value is -4.34. The van der Waals surface area contributed by atoms with Gasteiger partial charge in [-0.05, 0) is 61.2 Å². The lowest BCUT2D eigenvalue weighted by atomic mass is 9.84. The van der Waals surface area contributed by atoms with E-state index in [0.717, 1.165) is 28.1 Å². The third-order valence-corrected chi connectivity index (χ3v) is 9.48. The van der Waals surface area contributed by atoms with Gasteiger partial charge in [0, 0.05) is 17.0 Å². The SMILES string of the molecule is CCCc1nnc(N2C(=O)c3oc4cc(C)c(C)cc4c(=O)c3C23C(=O)N(Cc2ccccc2Cl)c2ccccc23)s1. The van der Waals surface area contributed by atoms with Crippen LogP contribution in [0.15, 0.2) is 69.9 Å². The molecule has 1 atom stereocenters. The summed E-state index contributed by atoms with van der Waals surface area (Å²) >= 11 is 7.76. The van der Waals surface area contributed by atoms with Crippen LogP contribution >= 0.6 is 22.9 Å². The standard InChI is InChI=1S/C32H25ClN4O4S/c1-4-9-25-34-35-31(42-25)37-29(39)28-26(27(38)20-14-17(2)18(3)15-24(20)41-28)32(37)21-11-6-8-13-23(21)36(30(32)40)16-19-10-5-7-12-22(19)33/h5-8,10-15H,4,9,16H2,1-3H3. The summed E-state index contributed by atoms with van der Waals surface area (Å²) in [6, 6.07) is 18.0. The smallest absolute Gasteiger partial charge is 0.297 e. The number of fused-ring (bicyclic) bond motifs is 5. The van der Waals surface area contributed by atoms with Crippen molar-refractivity contribution in [1.82, 2.24) is 10.2 Å². The van der Waals surface area contributed by atoms with Crippen LogP contribution < -0.4 is 15.2 Å². The van der Waals surface area contributed by atoms with Gasteiger partial charge in [0.1, 0.15) is 10.6 Å². The Balaban J connectivity index is 1.55. The molecule has 1 spiro atoms. The number of benzene rings is 3. The van der Waals surface area contributed by atoms with Crippen molar-refractivity contribution >= 4 is 56.5 Å².